The summed E-state index contributed by atoms with van der Waals surface area (Å²) in [5, 5.41) is 4.15. The summed E-state index contributed by atoms with van der Waals surface area (Å²) in [7, 11) is 0. The van der Waals surface area contributed by atoms with Crippen molar-refractivity contribution in [3.8, 4) is 5.69 Å². The van der Waals surface area contributed by atoms with E-state index in [4.69, 9.17) is 5.73 Å². The predicted octanol–water partition coefficient (Wildman–Crippen LogP) is 1.16. The monoisotopic (exact) mass is 174 g/mol. The van der Waals surface area contributed by atoms with E-state index in [1.165, 1.54) is 0 Å². The number of hydrogen-bond acceptors (Lipinski definition) is 3. The normalized spacial score (nSPS) is 10.2. The highest BCUT2D eigenvalue weighted by Gasteiger charge is 2.03. The zero-order valence-electron chi connectivity index (χ0n) is 7.31. The number of rotatable bonds is 1. The van der Waals surface area contributed by atoms with Crippen molar-refractivity contribution in [2.24, 2.45) is 0 Å². The molecule has 0 unspecified atom stereocenters. The average molecular weight is 174 g/mol. The van der Waals surface area contributed by atoms with E-state index in [-0.39, 0.29) is 0 Å². The molecule has 2 rings (SSSR count). The van der Waals surface area contributed by atoms with Gasteiger partial charge in [0.1, 0.15) is 0 Å². The Morgan fingerprint density at radius 2 is 2.00 bits per heavy atom. The first-order chi connectivity index (χ1) is 6.29. The molecule has 2 heterocycles. The van der Waals surface area contributed by atoms with Gasteiger partial charge < -0.3 is 5.73 Å². The Balaban J connectivity index is 2.53. The molecule has 66 valence electrons. The first kappa shape index (κ1) is 7.79. The molecular formula is C9H10N4. The predicted molar refractivity (Wildman–Crippen MR) is 50.5 cm³/mol. The number of pyridine rings is 1. The molecule has 2 aromatic heterocycles. The molecule has 0 aliphatic heterocycles. The Morgan fingerprint density at radius 3 is 2.54 bits per heavy atom. The first-order valence-corrected chi connectivity index (χ1v) is 3.99. The zero-order chi connectivity index (χ0) is 9.26. The van der Waals surface area contributed by atoms with E-state index in [1.54, 1.807) is 23.3 Å². The molecular weight excluding hydrogens is 164 g/mol. The number of nitrogen functional groups attached to an aromatic ring is 1. The highest BCUT2D eigenvalue weighted by molar-refractivity contribution is 5.44. The maximum absolute atomic E-state index is 5.68. The second-order valence-electron chi connectivity index (χ2n) is 2.80. The van der Waals surface area contributed by atoms with Crippen LogP contribution in [-0.2, 0) is 0 Å². The fourth-order valence-corrected chi connectivity index (χ4v) is 1.17. The molecule has 0 fully saturated rings. The van der Waals surface area contributed by atoms with Crippen LogP contribution < -0.4 is 5.73 Å². The van der Waals surface area contributed by atoms with Gasteiger partial charge in [0.05, 0.1) is 23.3 Å². The topological polar surface area (TPSA) is 56.7 Å². The van der Waals surface area contributed by atoms with E-state index in [2.05, 4.69) is 10.1 Å². The molecule has 0 bridgehead atoms. The van der Waals surface area contributed by atoms with E-state index in [1.807, 2.05) is 19.1 Å². The average Bonchev–Trinajstić information content (AvgIpc) is 2.49. The van der Waals surface area contributed by atoms with Crippen LogP contribution in [0.3, 0.4) is 0 Å². The maximum atomic E-state index is 5.68. The van der Waals surface area contributed by atoms with Crippen LogP contribution in [0.15, 0.2) is 30.7 Å². The van der Waals surface area contributed by atoms with Gasteiger partial charge in [0.15, 0.2) is 0 Å². The molecule has 2 aromatic rings. The van der Waals surface area contributed by atoms with Gasteiger partial charge in [0.25, 0.3) is 0 Å². The second kappa shape index (κ2) is 2.90. The van der Waals surface area contributed by atoms with Crippen LogP contribution in [0.2, 0.25) is 0 Å². The molecule has 0 saturated heterocycles. The lowest BCUT2D eigenvalue weighted by atomic mass is 10.3. The van der Waals surface area contributed by atoms with Crippen LogP contribution in [0, 0.1) is 6.92 Å². The molecule has 0 aliphatic carbocycles. The quantitative estimate of drug-likeness (QED) is 0.705. The van der Waals surface area contributed by atoms with Crippen molar-refractivity contribution in [3.05, 3.63) is 36.4 Å². The molecule has 0 radical (unpaired) electrons. The minimum atomic E-state index is 0.705. The van der Waals surface area contributed by atoms with Crippen molar-refractivity contribution in [1.82, 2.24) is 14.8 Å². The van der Waals surface area contributed by atoms with Crippen LogP contribution in [0.25, 0.3) is 5.69 Å². The van der Waals surface area contributed by atoms with Crippen LogP contribution in [-0.4, -0.2) is 14.8 Å². The number of nitrogens with zero attached hydrogens (tertiary/aromatic N) is 3. The van der Waals surface area contributed by atoms with Gasteiger partial charge in [0.2, 0.25) is 0 Å². The highest BCUT2D eigenvalue weighted by atomic mass is 15.3. The fraction of sp³-hybridized carbons (Fsp3) is 0.111. The summed E-state index contributed by atoms with van der Waals surface area (Å²) >= 11 is 0. The lowest BCUT2D eigenvalue weighted by Gasteiger charge is -2.02. The van der Waals surface area contributed by atoms with Gasteiger partial charge in [-0.3, -0.25) is 4.98 Å². The fourth-order valence-electron chi connectivity index (χ4n) is 1.17. The molecule has 13 heavy (non-hydrogen) atoms. The third kappa shape index (κ3) is 1.26. The summed E-state index contributed by atoms with van der Waals surface area (Å²) in [6.07, 6.45) is 5.11. The number of hydrogen-bond donors (Lipinski definition) is 1. The SMILES string of the molecule is Cc1c(N)cnn1-c1ccncc1. The lowest BCUT2D eigenvalue weighted by molar-refractivity contribution is 0.845. The Morgan fingerprint density at radius 1 is 1.31 bits per heavy atom. The third-order valence-electron chi connectivity index (χ3n) is 1.96. The summed E-state index contributed by atoms with van der Waals surface area (Å²) in [4.78, 5) is 3.93. The van der Waals surface area contributed by atoms with E-state index in [0.717, 1.165) is 11.4 Å². The smallest absolute Gasteiger partial charge is 0.0734 e. The minimum absolute atomic E-state index is 0.705. The van der Waals surface area contributed by atoms with Gasteiger partial charge in [-0.25, -0.2) is 4.68 Å². The van der Waals surface area contributed by atoms with Gasteiger partial charge in [-0.1, -0.05) is 0 Å². The first-order valence-electron chi connectivity index (χ1n) is 3.99. The molecule has 4 nitrogen and oxygen atoms in total. The maximum Gasteiger partial charge on any atom is 0.0734 e. The minimum Gasteiger partial charge on any atom is -0.396 e. The Bertz CT molecular complexity index is 405. The molecule has 0 spiro atoms. The largest absolute Gasteiger partial charge is 0.396 e. The van der Waals surface area contributed by atoms with Crippen molar-refractivity contribution in [2.45, 2.75) is 6.92 Å². The molecule has 0 amide bonds. The zero-order valence-corrected chi connectivity index (χ0v) is 7.31. The van der Waals surface area contributed by atoms with Crippen LogP contribution in [0.4, 0.5) is 5.69 Å². The van der Waals surface area contributed by atoms with E-state index < -0.39 is 0 Å². The Kier molecular flexibility index (Phi) is 1.73. The third-order valence-corrected chi connectivity index (χ3v) is 1.96. The molecule has 0 aliphatic rings. The molecule has 0 saturated carbocycles. The van der Waals surface area contributed by atoms with Crippen LogP contribution in [0.1, 0.15) is 5.69 Å². The van der Waals surface area contributed by atoms with Gasteiger partial charge in [-0.05, 0) is 19.1 Å². The molecule has 0 aromatic carbocycles. The Hall–Kier alpha value is -1.84. The molecule has 0 atom stereocenters. The van der Waals surface area contributed by atoms with Crippen molar-refractivity contribution < 1.29 is 0 Å². The van der Waals surface area contributed by atoms with Gasteiger partial charge in [0, 0.05) is 12.4 Å². The highest BCUT2D eigenvalue weighted by Crippen LogP contribution is 2.13. The van der Waals surface area contributed by atoms with Crippen molar-refractivity contribution >= 4 is 5.69 Å². The van der Waals surface area contributed by atoms with E-state index >= 15 is 0 Å². The summed E-state index contributed by atoms with van der Waals surface area (Å²) in [6, 6.07) is 3.78. The van der Waals surface area contributed by atoms with Gasteiger partial charge in [-0.2, -0.15) is 5.10 Å². The van der Waals surface area contributed by atoms with Crippen LogP contribution >= 0.6 is 0 Å². The standard InChI is InChI=1S/C9H10N4/c1-7-9(10)6-12-13(7)8-2-4-11-5-3-8/h2-6H,10H2,1H3. The van der Waals surface area contributed by atoms with Crippen LogP contribution in [0.5, 0.6) is 0 Å². The summed E-state index contributed by atoms with van der Waals surface area (Å²) in [5.74, 6) is 0. The number of anilines is 1. The summed E-state index contributed by atoms with van der Waals surface area (Å²) < 4.78 is 1.79. The van der Waals surface area contributed by atoms with E-state index in [9.17, 15) is 0 Å². The van der Waals surface area contributed by atoms with Crippen molar-refractivity contribution in [1.29, 1.82) is 0 Å². The summed E-state index contributed by atoms with van der Waals surface area (Å²) in [5.41, 5.74) is 8.31. The number of aromatic nitrogens is 3. The van der Waals surface area contributed by atoms with E-state index in [0.29, 0.717) is 5.69 Å². The van der Waals surface area contributed by atoms with Crippen molar-refractivity contribution in [3.63, 3.8) is 0 Å². The lowest BCUT2D eigenvalue weighted by Crippen LogP contribution is -1.99. The Labute approximate surface area is 76.0 Å². The second-order valence-corrected chi connectivity index (χ2v) is 2.80. The number of nitrogens with two attached hydrogens (primary N) is 1. The van der Waals surface area contributed by atoms with Gasteiger partial charge >= 0.3 is 0 Å². The van der Waals surface area contributed by atoms with Crippen molar-refractivity contribution in [2.75, 3.05) is 5.73 Å². The van der Waals surface area contributed by atoms with Gasteiger partial charge in [-0.15, -0.1) is 0 Å². The molecule has 2 N–H and O–H groups in total. The summed E-state index contributed by atoms with van der Waals surface area (Å²) in [6.45, 7) is 1.93. The molecule has 4 heteroatoms.